The second-order valence-electron chi connectivity index (χ2n) is 7.24. The SMILES string of the molecule is O=C(CN1[C@H]2CC[C@H]1CC(O)(c1ccccn1)C2)Nc1ccccc1F. The van der Waals surface area contributed by atoms with Gasteiger partial charge in [0, 0.05) is 18.3 Å². The fourth-order valence-corrected chi connectivity index (χ4v) is 4.34. The van der Waals surface area contributed by atoms with Crippen LogP contribution in [0.5, 0.6) is 0 Å². The molecule has 2 saturated heterocycles. The summed E-state index contributed by atoms with van der Waals surface area (Å²) in [7, 11) is 0. The normalized spacial score (nSPS) is 28.1. The Morgan fingerprint density at radius 1 is 1.19 bits per heavy atom. The molecule has 0 unspecified atom stereocenters. The molecule has 2 aromatic rings. The van der Waals surface area contributed by atoms with Gasteiger partial charge < -0.3 is 10.4 Å². The Morgan fingerprint density at radius 3 is 2.54 bits per heavy atom. The summed E-state index contributed by atoms with van der Waals surface area (Å²) in [5.41, 5.74) is -0.0368. The van der Waals surface area contributed by atoms with Gasteiger partial charge in [-0.25, -0.2) is 4.39 Å². The molecule has 4 rings (SSSR count). The van der Waals surface area contributed by atoms with Crippen molar-refractivity contribution >= 4 is 11.6 Å². The van der Waals surface area contributed by atoms with Crippen molar-refractivity contribution < 1.29 is 14.3 Å². The van der Waals surface area contributed by atoms with Crippen molar-refractivity contribution in [1.82, 2.24) is 9.88 Å². The third-order valence-corrected chi connectivity index (χ3v) is 5.53. The molecule has 0 saturated carbocycles. The van der Waals surface area contributed by atoms with Crippen LogP contribution in [0.3, 0.4) is 0 Å². The van der Waals surface area contributed by atoms with E-state index < -0.39 is 11.4 Å². The van der Waals surface area contributed by atoms with Crippen molar-refractivity contribution in [3.63, 3.8) is 0 Å². The molecule has 2 aliphatic rings. The number of benzene rings is 1. The number of pyridine rings is 1. The van der Waals surface area contributed by atoms with Crippen molar-refractivity contribution in [2.75, 3.05) is 11.9 Å². The quantitative estimate of drug-likeness (QED) is 0.885. The van der Waals surface area contributed by atoms with Gasteiger partial charge in [-0.1, -0.05) is 18.2 Å². The Labute approximate surface area is 151 Å². The molecule has 26 heavy (non-hydrogen) atoms. The van der Waals surface area contributed by atoms with E-state index in [-0.39, 0.29) is 30.2 Å². The number of aliphatic hydroxyl groups is 1. The molecule has 1 aromatic heterocycles. The molecular formula is C20H22FN3O2. The molecule has 2 aliphatic heterocycles. The molecule has 1 aromatic carbocycles. The average Bonchev–Trinajstić information content (AvgIpc) is 2.88. The Balaban J connectivity index is 1.44. The van der Waals surface area contributed by atoms with Gasteiger partial charge in [0.1, 0.15) is 11.4 Å². The third-order valence-electron chi connectivity index (χ3n) is 5.53. The lowest BCUT2D eigenvalue weighted by molar-refractivity contribution is -0.121. The van der Waals surface area contributed by atoms with Crippen molar-refractivity contribution in [2.45, 2.75) is 43.4 Å². The van der Waals surface area contributed by atoms with Crippen LogP contribution in [0.1, 0.15) is 31.4 Å². The molecule has 0 radical (unpaired) electrons. The van der Waals surface area contributed by atoms with Crippen molar-refractivity contribution in [1.29, 1.82) is 0 Å². The summed E-state index contributed by atoms with van der Waals surface area (Å²) in [6.45, 7) is 0.210. The lowest BCUT2D eigenvalue weighted by atomic mass is 9.83. The van der Waals surface area contributed by atoms with Crippen molar-refractivity contribution in [3.8, 4) is 0 Å². The molecule has 3 heterocycles. The zero-order valence-electron chi connectivity index (χ0n) is 14.4. The zero-order chi connectivity index (χ0) is 18.1. The van der Waals surface area contributed by atoms with Gasteiger partial charge in [-0.15, -0.1) is 0 Å². The highest BCUT2D eigenvalue weighted by atomic mass is 19.1. The first-order valence-corrected chi connectivity index (χ1v) is 8.99. The van der Waals surface area contributed by atoms with Crippen LogP contribution in [-0.4, -0.2) is 39.5 Å². The van der Waals surface area contributed by atoms with E-state index >= 15 is 0 Å². The number of para-hydroxylation sites is 1. The van der Waals surface area contributed by atoms with E-state index in [1.54, 1.807) is 24.4 Å². The van der Waals surface area contributed by atoms with Crippen LogP contribution in [0.25, 0.3) is 0 Å². The molecule has 0 spiro atoms. The Morgan fingerprint density at radius 2 is 1.88 bits per heavy atom. The fraction of sp³-hybridized carbons (Fsp3) is 0.400. The number of hydrogen-bond acceptors (Lipinski definition) is 4. The number of hydrogen-bond donors (Lipinski definition) is 2. The molecule has 1 amide bonds. The number of nitrogens with one attached hydrogen (secondary N) is 1. The van der Waals surface area contributed by atoms with E-state index in [1.807, 2.05) is 18.2 Å². The minimum Gasteiger partial charge on any atom is -0.383 e. The van der Waals surface area contributed by atoms with Crippen LogP contribution in [0, 0.1) is 5.82 Å². The number of carbonyl (C=O) groups excluding carboxylic acids is 1. The highest BCUT2D eigenvalue weighted by Gasteiger charge is 2.49. The van der Waals surface area contributed by atoms with Gasteiger partial charge in [0.25, 0.3) is 0 Å². The number of fused-ring (bicyclic) bond motifs is 2. The molecule has 2 fully saturated rings. The van der Waals surface area contributed by atoms with Crippen LogP contribution in [0.2, 0.25) is 0 Å². The van der Waals surface area contributed by atoms with Gasteiger partial charge in [-0.3, -0.25) is 14.7 Å². The fourth-order valence-electron chi connectivity index (χ4n) is 4.34. The minimum atomic E-state index is -0.939. The summed E-state index contributed by atoms with van der Waals surface area (Å²) in [6.07, 6.45) is 4.73. The summed E-state index contributed by atoms with van der Waals surface area (Å²) in [4.78, 5) is 18.9. The highest BCUT2D eigenvalue weighted by Crippen LogP contribution is 2.44. The van der Waals surface area contributed by atoms with Gasteiger partial charge in [-0.2, -0.15) is 0 Å². The molecular weight excluding hydrogens is 333 g/mol. The number of aromatic nitrogens is 1. The van der Waals surface area contributed by atoms with Crippen LogP contribution in [0.15, 0.2) is 48.7 Å². The molecule has 6 heteroatoms. The number of nitrogens with zero attached hydrogens (tertiary/aromatic N) is 2. The van der Waals surface area contributed by atoms with E-state index in [0.717, 1.165) is 12.8 Å². The van der Waals surface area contributed by atoms with Crippen molar-refractivity contribution in [3.05, 3.63) is 60.2 Å². The molecule has 0 aliphatic carbocycles. The molecule has 136 valence electrons. The standard InChI is InChI=1S/C20H22FN3O2/c21-16-5-1-2-6-17(16)23-19(25)13-24-14-8-9-15(24)12-20(26,11-14)18-7-3-4-10-22-18/h1-7,10,14-15,26H,8-9,11-13H2,(H,23,25)/t14-,15-/m0/s1. The van der Waals surface area contributed by atoms with E-state index in [4.69, 9.17) is 0 Å². The van der Waals surface area contributed by atoms with E-state index in [2.05, 4.69) is 15.2 Å². The van der Waals surface area contributed by atoms with Crippen LogP contribution in [0.4, 0.5) is 10.1 Å². The average molecular weight is 355 g/mol. The Bertz CT molecular complexity index is 785. The van der Waals surface area contributed by atoms with Gasteiger partial charge in [0.05, 0.1) is 17.9 Å². The van der Waals surface area contributed by atoms with Gasteiger partial charge in [0.2, 0.25) is 5.91 Å². The second kappa shape index (κ2) is 6.78. The highest BCUT2D eigenvalue weighted by molar-refractivity contribution is 5.92. The van der Waals surface area contributed by atoms with E-state index in [9.17, 15) is 14.3 Å². The summed E-state index contributed by atoms with van der Waals surface area (Å²) in [5, 5.41) is 13.8. The first kappa shape index (κ1) is 17.1. The summed E-state index contributed by atoms with van der Waals surface area (Å²) < 4.78 is 13.7. The summed E-state index contributed by atoms with van der Waals surface area (Å²) in [6, 6.07) is 12.0. The smallest absolute Gasteiger partial charge is 0.238 e. The third kappa shape index (κ3) is 3.22. The Kier molecular flexibility index (Phi) is 4.46. The van der Waals surface area contributed by atoms with E-state index in [0.29, 0.717) is 18.5 Å². The minimum absolute atomic E-state index is 0.132. The van der Waals surface area contributed by atoms with E-state index in [1.165, 1.54) is 6.07 Å². The largest absolute Gasteiger partial charge is 0.383 e. The Hall–Kier alpha value is -2.31. The first-order valence-electron chi connectivity index (χ1n) is 8.99. The summed E-state index contributed by atoms with van der Waals surface area (Å²) >= 11 is 0. The lowest BCUT2D eigenvalue weighted by Crippen LogP contribution is -2.52. The molecule has 2 bridgehead atoms. The number of rotatable bonds is 4. The predicted octanol–water partition coefficient (Wildman–Crippen LogP) is 2.67. The lowest BCUT2D eigenvalue weighted by Gasteiger charge is -2.43. The number of anilines is 1. The molecule has 5 nitrogen and oxygen atoms in total. The molecule has 2 atom stereocenters. The number of amides is 1. The van der Waals surface area contributed by atoms with Crippen LogP contribution < -0.4 is 5.32 Å². The van der Waals surface area contributed by atoms with Crippen molar-refractivity contribution in [2.24, 2.45) is 0 Å². The predicted molar refractivity (Wildman–Crippen MR) is 95.9 cm³/mol. The summed E-state index contributed by atoms with van der Waals surface area (Å²) in [5.74, 6) is -0.665. The second-order valence-corrected chi connectivity index (χ2v) is 7.24. The maximum Gasteiger partial charge on any atom is 0.238 e. The van der Waals surface area contributed by atoms with Gasteiger partial charge in [0.15, 0.2) is 0 Å². The topological polar surface area (TPSA) is 65.5 Å². The van der Waals surface area contributed by atoms with Gasteiger partial charge >= 0.3 is 0 Å². The van der Waals surface area contributed by atoms with Crippen LogP contribution in [-0.2, 0) is 10.4 Å². The maximum atomic E-state index is 13.7. The number of piperidine rings is 1. The number of halogens is 1. The number of carbonyl (C=O) groups is 1. The zero-order valence-corrected chi connectivity index (χ0v) is 14.4. The first-order chi connectivity index (χ1) is 12.5. The monoisotopic (exact) mass is 355 g/mol. The van der Waals surface area contributed by atoms with Gasteiger partial charge in [-0.05, 0) is 49.9 Å². The van der Waals surface area contributed by atoms with Crippen LogP contribution >= 0.6 is 0 Å². The maximum absolute atomic E-state index is 13.7. The molecule has 2 N–H and O–H groups in total.